The molecule has 0 radical (unpaired) electrons. The van der Waals surface area contributed by atoms with Crippen molar-refractivity contribution in [1.29, 1.82) is 0 Å². The van der Waals surface area contributed by atoms with Gasteiger partial charge in [-0.1, -0.05) is 6.92 Å². The lowest BCUT2D eigenvalue weighted by Gasteiger charge is -2.09. The summed E-state index contributed by atoms with van der Waals surface area (Å²) in [5.41, 5.74) is 5.43. The van der Waals surface area contributed by atoms with E-state index < -0.39 is 16.0 Å². The number of hydrogen-bond acceptors (Lipinski definition) is 3. The summed E-state index contributed by atoms with van der Waals surface area (Å²) in [6.45, 7) is 2.18. The molecular weight excluding hydrogens is 233 g/mol. The van der Waals surface area contributed by atoms with Gasteiger partial charge in [0.1, 0.15) is 5.82 Å². The molecule has 90 valence electrons. The van der Waals surface area contributed by atoms with Gasteiger partial charge in [-0.3, -0.25) is 4.72 Å². The highest BCUT2D eigenvalue weighted by Crippen LogP contribution is 2.16. The molecule has 1 aromatic rings. The normalized spacial score (nSPS) is 11.4. The van der Waals surface area contributed by atoms with Crippen LogP contribution in [0.5, 0.6) is 0 Å². The van der Waals surface area contributed by atoms with E-state index in [0.717, 1.165) is 6.07 Å². The molecule has 0 aliphatic heterocycles. The highest BCUT2D eigenvalue weighted by Gasteiger charge is 2.09. The van der Waals surface area contributed by atoms with Crippen LogP contribution in [0.1, 0.15) is 13.3 Å². The lowest BCUT2D eigenvalue weighted by molar-refractivity contribution is 0.586. The second-order valence-electron chi connectivity index (χ2n) is 3.24. The maximum atomic E-state index is 12.8. The third kappa shape index (κ3) is 3.67. The van der Waals surface area contributed by atoms with Crippen LogP contribution in [-0.4, -0.2) is 15.0 Å². The van der Waals surface area contributed by atoms with Gasteiger partial charge in [-0.2, -0.15) is 13.1 Å². The molecule has 0 amide bonds. The number of halogens is 1. The first-order valence-corrected chi connectivity index (χ1v) is 6.25. The molecule has 16 heavy (non-hydrogen) atoms. The minimum atomic E-state index is -3.60. The van der Waals surface area contributed by atoms with Crippen LogP contribution in [0.25, 0.3) is 0 Å². The molecule has 0 aliphatic carbocycles. The SMILES string of the molecule is CCCNS(=O)(=O)Nc1ccc(F)c(N)c1. The predicted molar refractivity (Wildman–Crippen MR) is 61.6 cm³/mol. The maximum absolute atomic E-state index is 12.8. The molecular formula is C9H14FN3O2S. The van der Waals surface area contributed by atoms with Crippen LogP contribution < -0.4 is 15.2 Å². The average molecular weight is 247 g/mol. The number of nitrogens with two attached hydrogens (primary N) is 1. The molecule has 0 atom stereocenters. The number of nitrogen functional groups attached to an aromatic ring is 1. The number of benzene rings is 1. The van der Waals surface area contributed by atoms with Crippen LogP contribution in [0.4, 0.5) is 15.8 Å². The molecule has 0 saturated carbocycles. The van der Waals surface area contributed by atoms with Gasteiger partial charge in [0.05, 0.1) is 11.4 Å². The Kier molecular flexibility index (Phi) is 4.08. The summed E-state index contributed by atoms with van der Waals surface area (Å²) < 4.78 is 40.2. The van der Waals surface area contributed by atoms with E-state index in [1.807, 2.05) is 6.92 Å². The van der Waals surface area contributed by atoms with Crippen molar-refractivity contribution in [3.63, 3.8) is 0 Å². The molecule has 1 rings (SSSR count). The van der Waals surface area contributed by atoms with E-state index in [4.69, 9.17) is 5.73 Å². The first kappa shape index (κ1) is 12.7. The van der Waals surface area contributed by atoms with E-state index >= 15 is 0 Å². The monoisotopic (exact) mass is 247 g/mol. The Morgan fingerprint density at radius 2 is 2.12 bits per heavy atom. The molecule has 0 aliphatic rings. The van der Waals surface area contributed by atoms with Gasteiger partial charge in [0.15, 0.2) is 0 Å². The van der Waals surface area contributed by atoms with Crippen molar-refractivity contribution in [2.24, 2.45) is 0 Å². The summed E-state index contributed by atoms with van der Waals surface area (Å²) in [6.07, 6.45) is 0.687. The Hall–Kier alpha value is -1.34. The Labute approximate surface area is 94.0 Å². The molecule has 0 aromatic heterocycles. The summed E-state index contributed by atoms with van der Waals surface area (Å²) in [5.74, 6) is -0.579. The van der Waals surface area contributed by atoms with E-state index in [9.17, 15) is 12.8 Å². The first-order chi connectivity index (χ1) is 7.44. The minimum Gasteiger partial charge on any atom is -0.396 e. The van der Waals surface area contributed by atoms with Crippen LogP contribution in [0, 0.1) is 5.82 Å². The predicted octanol–water partition coefficient (Wildman–Crippen LogP) is 1.06. The van der Waals surface area contributed by atoms with Gasteiger partial charge >= 0.3 is 0 Å². The molecule has 0 unspecified atom stereocenters. The fourth-order valence-electron chi connectivity index (χ4n) is 1.03. The topological polar surface area (TPSA) is 84.2 Å². The largest absolute Gasteiger partial charge is 0.396 e. The van der Waals surface area contributed by atoms with Crippen LogP contribution >= 0.6 is 0 Å². The van der Waals surface area contributed by atoms with Crippen molar-refractivity contribution in [1.82, 2.24) is 4.72 Å². The summed E-state index contributed by atoms with van der Waals surface area (Å²) in [6, 6.07) is 3.63. The van der Waals surface area contributed by atoms with Gasteiger partial charge in [-0.25, -0.2) is 4.39 Å². The molecule has 5 nitrogen and oxygen atoms in total. The van der Waals surface area contributed by atoms with Crippen LogP contribution in [0.3, 0.4) is 0 Å². The zero-order valence-electron chi connectivity index (χ0n) is 8.83. The van der Waals surface area contributed by atoms with Gasteiger partial charge in [-0.15, -0.1) is 0 Å². The highest BCUT2D eigenvalue weighted by molar-refractivity contribution is 7.90. The van der Waals surface area contributed by atoms with Gasteiger partial charge in [-0.05, 0) is 24.6 Å². The average Bonchev–Trinajstić information content (AvgIpc) is 2.20. The molecule has 0 bridgehead atoms. The zero-order chi connectivity index (χ0) is 12.2. The smallest absolute Gasteiger partial charge is 0.299 e. The summed E-state index contributed by atoms with van der Waals surface area (Å²) in [5, 5.41) is 0. The Balaban J connectivity index is 2.76. The van der Waals surface area contributed by atoms with Crippen molar-refractivity contribution in [3.8, 4) is 0 Å². The third-order valence-corrected chi connectivity index (χ3v) is 2.88. The quantitative estimate of drug-likeness (QED) is 0.680. The van der Waals surface area contributed by atoms with Crippen molar-refractivity contribution in [3.05, 3.63) is 24.0 Å². The van der Waals surface area contributed by atoms with Gasteiger partial charge in [0, 0.05) is 6.54 Å². The highest BCUT2D eigenvalue weighted by atomic mass is 32.2. The van der Waals surface area contributed by atoms with Gasteiger partial charge in [0.25, 0.3) is 10.2 Å². The standard InChI is InChI=1S/C9H14FN3O2S/c1-2-5-12-16(14,15)13-7-3-4-8(10)9(11)6-7/h3-4,6,12-13H,2,5,11H2,1H3. The van der Waals surface area contributed by atoms with Crippen molar-refractivity contribution in [2.45, 2.75) is 13.3 Å². The number of anilines is 2. The molecule has 1 aromatic carbocycles. The number of rotatable bonds is 5. The van der Waals surface area contributed by atoms with E-state index in [-0.39, 0.29) is 11.4 Å². The van der Waals surface area contributed by atoms with Gasteiger partial charge in [0.2, 0.25) is 0 Å². The van der Waals surface area contributed by atoms with Crippen molar-refractivity contribution < 1.29 is 12.8 Å². The molecule has 4 N–H and O–H groups in total. The maximum Gasteiger partial charge on any atom is 0.299 e. The minimum absolute atomic E-state index is 0.101. The number of nitrogens with one attached hydrogen (secondary N) is 2. The zero-order valence-corrected chi connectivity index (χ0v) is 9.64. The summed E-state index contributed by atoms with van der Waals surface area (Å²) >= 11 is 0. The van der Waals surface area contributed by atoms with Crippen molar-refractivity contribution in [2.75, 3.05) is 17.0 Å². The van der Waals surface area contributed by atoms with E-state index in [0.29, 0.717) is 13.0 Å². The van der Waals surface area contributed by atoms with Crippen LogP contribution in [0.2, 0.25) is 0 Å². The van der Waals surface area contributed by atoms with Crippen LogP contribution in [0.15, 0.2) is 18.2 Å². The summed E-state index contributed by atoms with van der Waals surface area (Å²) in [7, 11) is -3.60. The first-order valence-electron chi connectivity index (χ1n) is 4.77. The lowest BCUT2D eigenvalue weighted by Crippen LogP contribution is -2.30. The van der Waals surface area contributed by atoms with E-state index in [1.165, 1.54) is 12.1 Å². The molecule has 0 fully saturated rings. The molecule has 0 saturated heterocycles. The molecule has 0 spiro atoms. The fraction of sp³-hybridized carbons (Fsp3) is 0.333. The second kappa shape index (κ2) is 5.13. The Morgan fingerprint density at radius 1 is 1.44 bits per heavy atom. The lowest BCUT2D eigenvalue weighted by atomic mass is 10.3. The Bertz CT molecular complexity index is 462. The number of hydrogen-bond donors (Lipinski definition) is 3. The van der Waals surface area contributed by atoms with E-state index in [1.54, 1.807) is 0 Å². The third-order valence-electron chi connectivity index (χ3n) is 1.79. The van der Waals surface area contributed by atoms with Crippen molar-refractivity contribution >= 4 is 21.6 Å². The Morgan fingerprint density at radius 3 is 2.69 bits per heavy atom. The fourth-order valence-corrected chi connectivity index (χ4v) is 2.02. The second-order valence-corrected chi connectivity index (χ2v) is 4.74. The van der Waals surface area contributed by atoms with E-state index in [2.05, 4.69) is 9.44 Å². The van der Waals surface area contributed by atoms with Crippen LogP contribution in [-0.2, 0) is 10.2 Å². The van der Waals surface area contributed by atoms with Gasteiger partial charge < -0.3 is 5.73 Å². The molecule has 0 heterocycles. The molecule has 7 heteroatoms. The summed E-state index contributed by atoms with van der Waals surface area (Å²) in [4.78, 5) is 0.